The zero-order chi connectivity index (χ0) is 53.4. The molecule has 0 bridgehead atoms. The minimum atomic E-state index is -0.649. The molecule has 79 heavy (non-hydrogen) atoms. The summed E-state index contributed by atoms with van der Waals surface area (Å²) in [5, 5.41) is 2.25. The van der Waals surface area contributed by atoms with Crippen LogP contribution in [0.5, 0.6) is 0 Å². The Bertz CT molecular complexity index is 4170. The van der Waals surface area contributed by atoms with Crippen molar-refractivity contribution in [2.45, 2.75) is 95.9 Å². The number of furan rings is 1. The van der Waals surface area contributed by atoms with Crippen LogP contribution in [0.1, 0.15) is 122 Å². The second-order valence-electron chi connectivity index (χ2n) is 24.1. The van der Waals surface area contributed by atoms with Gasteiger partial charge in [0.05, 0.1) is 34.2 Å². The molecule has 0 amide bonds. The van der Waals surface area contributed by atoms with Gasteiger partial charge in [0, 0.05) is 56.3 Å². The summed E-state index contributed by atoms with van der Waals surface area (Å²) in [6.45, 7) is 14.5. The normalized spacial score (nSPS) is 16.7. The zero-order valence-electron chi connectivity index (χ0n) is 46.1. The lowest BCUT2D eigenvalue weighted by Crippen LogP contribution is -2.42. The Kier molecular flexibility index (Phi) is 10.7. The first kappa shape index (κ1) is 47.6. The number of aryl methyl sites for hydroxylation is 2. The third kappa shape index (κ3) is 6.99. The lowest BCUT2D eigenvalue weighted by atomic mass is 9.61. The van der Waals surface area contributed by atoms with E-state index in [1.807, 2.05) is 0 Å². The molecule has 0 saturated carbocycles. The third-order valence-electron chi connectivity index (χ3n) is 18.6. The second kappa shape index (κ2) is 17.7. The maximum Gasteiger partial charge on any atom is 0.137 e. The molecule has 4 heterocycles. The molecule has 1 aliphatic carbocycles. The van der Waals surface area contributed by atoms with E-state index in [0.29, 0.717) is 0 Å². The van der Waals surface area contributed by atoms with Gasteiger partial charge in [-0.3, -0.25) is 0 Å². The monoisotopic (exact) mass is 1020 g/mol. The van der Waals surface area contributed by atoms with E-state index >= 15 is 0 Å². The van der Waals surface area contributed by atoms with E-state index in [-0.39, 0.29) is 16.9 Å². The quantitative estimate of drug-likeness (QED) is 0.144. The molecule has 0 N–H and O–H groups in total. The molecule has 1 aromatic heterocycles. The van der Waals surface area contributed by atoms with E-state index in [0.717, 1.165) is 64.0 Å². The molecule has 10 aromatic carbocycles. The van der Waals surface area contributed by atoms with Crippen molar-refractivity contribution >= 4 is 67.4 Å². The van der Waals surface area contributed by atoms with Crippen molar-refractivity contribution in [1.82, 2.24) is 0 Å². The van der Waals surface area contributed by atoms with Crippen molar-refractivity contribution in [3.63, 3.8) is 0 Å². The Morgan fingerprint density at radius 3 is 1.85 bits per heavy atom. The SMILES string of the molecule is CCCCc1ccc(N(c2ccccc2)c2cc3c4c(c2)N2c5ccccc5C(c5ccccc5)(c5ccccc5)c5cccc(c52)C4N(c2cc4c(cc2C)C(C)(C)CCC4(C)C)c2cc4oc5ccccc5c4cc2-3)cc1. The average molecular weight is 1020 g/mol. The van der Waals surface area contributed by atoms with Gasteiger partial charge in [0.25, 0.3) is 0 Å². The van der Waals surface area contributed by atoms with Crippen LogP contribution < -0.4 is 14.7 Å². The Balaban J connectivity index is 1.10. The van der Waals surface area contributed by atoms with Gasteiger partial charge in [-0.25, -0.2) is 0 Å². The van der Waals surface area contributed by atoms with E-state index in [9.17, 15) is 0 Å². The Labute approximate surface area is 465 Å². The van der Waals surface area contributed by atoms with Crippen LogP contribution in [-0.2, 0) is 22.7 Å². The van der Waals surface area contributed by atoms with Gasteiger partial charge in [-0.2, -0.15) is 0 Å². The third-order valence-corrected chi connectivity index (χ3v) is 18.6. The van der Waals surface area contributed by atoms with Crippen molar-refractivity contribution in [2.75, 3.05) is 14.7 Å². The van der Waals surface area contributed by atoms with Gasteiger partial charge in [-0.05, 0) is 154 Å². The van der Waals surface area contributed by atoms with Gasteiger partial charge in [-0.1, -0.05) is 193 Å². The van der Waals surface area contributed by atoms with E-state index < -0.39 is 5.41 Å². The minimum Gasteiger partial charge on any atom is -0.456 e. The van der Waals surface area contributed by atoms with E-state index in [1.54, 1.807) is 0 Å². The van der Waals surface area contributed by atoms with Crippen LogP contribution in [0.4, 0.5) is 45.5 Å². The van der Waals surface area contributed by atoms with Crippen LogP contribution in [-0.4, -0.2) is 0 Å². The lowest BCUT2D eigenvalue weighted by Gasteiger charge is -2.53. The summed E-state index contributed by atoms with van der Waals surface area (Å²) >= 11 is 0. The topological polar surface area (TPSA) is 22.9 Å². The second-order valence-corrected chi connectivity index (χ2v) is 24.1. The summed E-state index contributed by atoms with van der Waals surface area (Å²) in [6.07, 6.45) is 5.70. The molecule has 0 fully saturated rings. The number of anilines is 8. The lowest BCUT2D eigenvalue weighted by molar-refractivity contribution is 0.331. The van der Waals surface area contributed by atoms with E-state index in [2.05, 4.69) is 275 Å². The number of fused-ring (bicyclic) bond motifs is 10. The van der Waals surface area contributed by atoms with Crippen molar-refractivity contribution < 1.29 is 4.42 Å². The number of nitrogens with zero attached hydrogens (tertiary/aromatic N) is 3. The summed E-state index contributed by atoms with van der Waals surface area (Å²) in [5.74, 6) is 0. The highest BCUT2D eigenvalue weighted by molar-refractivity contribution is 6.11. The highest BCUT2D eigenvalue weighted by Gasteiger charge is 2.52. The van der Waals surface area contributed by atoms with Gasteiger partial charge in [-0.15, -0.1) is 0 Å². The average Bonchev–Trinajstić information content (AvgIpc) is 2.82. The molecule has 1 atom stereocenters. The van der Waals surface area contributed by atoms with Crippen molar-refractivity contribution in [3.8, 4) is 11.1 Å². The molecule has 4 heteroatoms. The number of para-hydroxylation sites is 4. The summed E-state index contributed by atoms with van der Waals surface area (Å²) in [4.78, 5) is 7.89. The fraction of sp³-hybridized carbons (Fsp3) is 0.200. The molecule has 4 aliphatic rings. The maximum absolute atomic E-state index is 6.94. The van der Waals surface area contributed by atoms with Gasteiger partial charge in [0.15, 0.2) is 0 Å². The molecule has 0 saturated heterocycles. The highest BCUT2D eigenvalue weighted by atomic mass is 16.3. The Morgan fingerprint density at radius 2 is 1.13 bits per heavy atom. The zero-order valence-corrected chi connectivity index (χ0v) is 46.1. The largest absolute Gasteiger partial charge is 0.456 e. The summed E-state index contributed by atoms with van der Waals surface area (Å²) < 4.78 is 6.94. The van der Waals surface area contributed by atoms with Crippen LogP contribution in [0.15, 0.2) is 223 Å². The summed E-state index contributed by atoms with van der Waals surface area (Å²) in [6, 6.07) is 82.8. The summed E-state index contributed by atoms with van der Waals surface area (Å²) in [5.41, 5.74) is 26.1. The van der Waals surface area contributed by atoms with E-state index in [1.165, 1.54) is 102 Å². The molecule has 386 valence electrons. The molecule has 4 nitrogen and oxygen atoms in total. The molecular weight excluding hydrogens is 959 g/mol. The van der Waals surface area contributed by atoms with Gasteiger partial charge in [0.2, 0.25) is 0 Å². The number of unbranched alkanes of at least 4 members (excludes halogenated alkanes) is 1. The molecular formula is C75H65N3O. The van der Waals surface area contributed by atoms with Gasteiger partial charge in [0.1, 0.15) is 11.2 Å². The molecule has 15 rings (SSSR count). The standard InChI is InChI=1S/C75H65N3O/c1-7-8-23-49-36-38-53(39-37-49)76(52-28-16-11-17-29-52)54-43-59-57-45-58-55-30-18-21-35-68(55)79-69(58)47-66(57)78(65-46-63-62(42-48(65)2)73(3,4)40-41-74(63,5)6)72-56-31-22-33-61-71(56)77(67(44-54)70(59)72)64-34-20-19-32-60(64)75(61,50-24-12-9-13-25-50)51-26-14-10-15-27-51/h9-22,24-39,42-47,72H,7-8,23,40-41H2,1-6H3. The van der Waals surface area contributed by atoms with Crippen molar-refractivity contribution in [2.24, 2.45) is 0 Å². The van der Waals surface area contributed by atoms with Gasteiger partial charge < -0.3 is 19.1 Å². The highest BCUT2D eigenvalue weighted by Crippen LogP contribution is 2.67. The van der Waals surface area contributed by atoms with Crippen LogP contribution in [0.25, 0.3) is 33.1 Å². The Morgan fingerprint density at radius 1 is 0.494 bits per heavy atom. The van der Waals surface area contributed by atoms with Gasteiger partial charge >= 0.3 is 0 Å². The smallest absolute Gasteiger partial charge is 0.137 e. The number of rotatable bonds is 9. The number of hydrogen-bond acceptors (Lipinski definition) is 4. The maximum atomic E-state index is 6.94. The number of hydrogen-bond donors (Lipinski definition) is 0. The molecule has 3 aliphatic heterocycles. The molecule has 1 unspecified atom stereocenters. The van der Waals surface area contributed by atoms with Crippen molar-refractivity contribution in [3.05, 3.63) is 274 Å². The van der Waals surface area contributed by atoms with Crippen LogP contribution in [0.3, 0.4) is 0 Å². The Hall–Kier alpha value is -8.60. The minimum absolute atomic E-state index is 0.00830. The predicted octanol–water partition coefficient (Wildman–Crippen LogP) is 20.4. The van der Waals surface area contributed by atoms with Crippen LogP contribution >= 0.6 is 0 Å². The van der Waals surface area contributed by atoms with E-state index in [4.69, 9.17) is 4.42 Å². The first-order chi connectivity index (χ1) is 38.5. The van der Waals surface area contributed by atoms with Crippen LogP contribution in [0.2, 0.25) is 0 Å². The number of benzene rings is 10. The fourth-order valence-electron chi connectivity index (χ4n) is 14.6. The predicted molar refractivity (Wildman–Crippen MR) is 329 cm³/mol. The molecule has 0 spiro atoms. The molecule has 0 radical (unpaired) electrons. The summed E-state index contributed by atoms with van der Waals surface area (Å²) in [7, 11) is 0. The van der Waals surface area contributed by atoms with Crippen LogP contribution in [0, 0.1) is 6.92 Å². The molecule has 11 aromatic rings. The fourth-order valence-corrected chi connectivity index (χ4v) is 14.6. The first-order valence-electron chi connectivity index (χ1n) is 28.7. The van der Waals surface area contributed by atoms with Crippen molar-refractivity contribution in [1.29, 1.82) is 0 Å². The first-order valence-corrected chi connectivity index (χ1v) is 28.7.